The zero-order valence-corrected chi connectivity index (χ0v) is 12.7. The van der Waals surface area contributed by atoms with Crippen molar-refractivity contribution in [3.05, 3.63) is 66.0 Å². The van der Waals surface area contributed by atoms with E-state index >= 15 is 0 Å². The summed E-state index contributed by atoms with van der Waals surface area (Å²) in [5, 5.41) is 3.10. The van der Waals surface area contributed by atoms with E-state index in [1.165, 1.54) is 31.2 Å². The Balaban J connectivity index is 1.69. The molecule has 1 fully saturated rings. The number of hydrogen-bond donors (Lipinski definition) is 1. The quantitative estimate of drug-likeness (QED) is 0.911. The van der Waals surface area contributed by atoms with Crippen LogP contribution in [0.1, 0.15) is 47.5 Å². The van der Waals surface area contributed by atoms with E-state index in [1.54, 1.807) is 24.5 Å². The minimum Gasteiger partial charge on any atom is -0.351 e. The zero-order valence-electron chi connectivity index (χ0n) is 12.7. The fraction of sp³-hybridized carbons (Fsp3) is 0.368. The zero-order chi connectivity index (χ0) is 15.2. The summed E-state index contributed by atoms with van der Waals surface area (Å²) in [6.45, 7) is 0.697. The van der Waals surface area contributed by atoms with Crippen molar-refractivity contribution in [1.82, 2.24) is 10.3 Å². The first-order valence-electron chi connectivity index (χ1n) is 8.08. The average molecular weight is 294 g/mol. The largest absolute Gasteiger partial charge is 0.351 e. The molecule has 2 aromatic rings. The van der Waals surface area contributed by atoms with Crippen LogP contribution in [-0.2, 0) is 0 Å². The van der Waals surface area contributed by atoms with Gasteiger partial charge in [-0.1, -0.05) is 43.2 Å². The van der Waals surface area contributed by atoms with Crippen LogP contribution >= 0.6 is 0 Å². The van der Waals surface area contributed by atoms with Crippen LogP contribution in [-0.4, -0.2) is 17.4 Å². The third-order valence-electron chi connectivity index (χ3n) is 4.60. The highest BCUT2D eigenvalue weighted by Crippen LogP contribution is 2.36. The second kappa shape index (κ2) is 7.21. The molecule has 1 aromatic carbocycles. The molecule has 1 aromatic heterocycles. The van der Waals surface area contributed by atoms with Crippen molar-refractivity contribution >= 4 is 5.91 Å². The van der Waals surface area contributed by atoms with Crippen molar-refractivity contribution in [2.24, 2.45) is 5.92 Å². The lowest BCUT2D eigenvalue weighted by molar-refractivity contribution is 0.0948. The molecule has 22 heavy (non-hydrogen) atoms. The SMILES string of the molecule is O=C(NCC(c1ccccc1)C1CCCC1)c1cccnc1. The van der Waals surface area contributed by atoms with Gasteiger partial charge in [-0.25, -0.2) is 0 Å². The van der Waals surface area contributed by atoms with Crippen LogP contribution in [0.15, 0.2) is 54.9 Å². The van der Waals surface area contributed by atoms with E-state index in [9.17, 15) is 4.79 Å². The van der Waals surface area contributed by atoms with Gasteiger partial charge in [-0.05, 0) is 36.5 Å². The Morgan fingerprint density at radius 1 is 1.14 bits per heavy atom. The smallest absolute Gasteiger partial charge is 0.252 e. The van der Waals surface area contributed by atoms with Crippen LogP contribution in [0, 0.1) is 5.92 Å². The fourth-order valence-electron chi connectivity index (χ4n) is 3.42. The molecule has 3 nitrogen and oxygen atoms in total. The lowest BCUT2D eigenvalue weighted by Crippen LogP contribution is -2.31. The number of nitrogens with one attached hydrogen (secondary N) is 1. The van der Waals surface area contributed by atoms with Crippen LogP contribution < -0.4 is 5.32 Å². The molecule has 1 saturated carbocycles. The number of amides is 1. The van der Waals surface area contributed by atoms with E-state index in [0.29, 0.717) is 23.9 Å². The number of carbonyl (C=O) groups excluding carboxylic acids is 1. The Morgan fingerprint density at radius 2 is 1.91 bits per heavy atom. The molecule has 0 aliphatic heterocycles. The molecule has 0 spiro atoms. The summed E-state index contributed by atoms with van der Waals surface area (Å²) in [5.74, 6) is 1.05. The van der Waals surface area contributed by atoms with Crippen molar-refractivity contribution < 1.29 is 4.79 Å². The number of benzene rings is 1. The first kappa shape index (κ1) is 14.8. The minimum atomic E-state index is -0.0352. The highest BCUT2D eigenvalue weighted by molar-refractivity contribution is 5.93. The van der Waals surface area contributed by atoms with Gasteiger partial charge in [0.25, 0.3) is 5.91 Å². The second-order valence-corrected chi connectivity index (χ2v) is 6.01. The van der Waals surface area contributed by atoms with Crippen molar-refractivity contribution in [3.8, 4) is 0 Å². The average Bonchev–Trinajstić information content (AvgIpc) is 3.11. The standard InChI is InChI=1S/C19H22N2O/c22-19(17-11-6-12-20-13-17)21-14-18(16-9-4-5-10-16)15-7-2-1-3-8-15/h1-3,6-8,11-13,16,18H,4-5,9-10,14H2,(H,21,22). The molecule has 0 saturated heterocycles. The number of carbonyl (C=O) groups is 1. The Kier molecular flexibility index (Phi) is 4.84. The molecule has 1 aliphatic carbocycles. The summed E-state index contributed by atoms with van der Waals surface area (Å²) >= 11 is 0. The molecule has 1 aliphatic rings. The predicted molar refractivity (Wildman–Crippen MR) is 87.7 cm³/mol. The van der Waals surface area contributed by atoms with E-state index in [-0.39, 0.29) is 5.91 Å². The lowest BCUT2D eigenvalue weighted by atomic mass is 9.85. The molecule has 1 atom stereocenters. The van der Waals surface area contributed by atoms with Crippen molar-refractivity contribution in [3.63, 3.8) is 0 Å². The van der Waals surface area contributed by atoms with Gasteiger partial charge in [-0.3, -0.25) is 9.78 Å². The van der Waals surface area contributed by atoms with Crippen LogP contribution in [0.3, 0.4) is 0 Å². The van der Waals surface area contributed by atoms with Crippen LogP contribution in [0.4, 0.5) is 0 Å². The second-order valence-electron chi connectivity index (χ2n) is 6.01. The third kappa shape index (κ3) is 3.53. The van der Waals surface area contributed by atoms with E-state index in [0.717, 1.165) is 0 Å². The van der Waals surface area contributed by atoms with Crippen LogP contribution in [0.2, 0.25) is 0 Å². The van der Waals surface area contributed by atoms with Gasteiger partial charge in [-0.15, -0.1) is 0 Å². The van der Waals surface area contributed by atoms with Crippen molar-refractivity contribution in [2.45, 2.75) is 31.6 Å². The molecule has 1 unspecified atom stereocenters. The van der Waals surface area contributed by atoms with Gasteiger partial charge in [0.1, 0.15) is 0 Å². The van der Waals surface area contributed by atoms with Gasteiger partial charge in [-0.2, -0.15) is 0 Å². The molecule has 1 N–H and O–H groups in total. The van der Waals surface area contributed by atoms with E-state index in [2.05, 4.69) is 34.6 Å². The van der Waals surface area contributed by atoms with Gasteiger partial charge >= 0.3 is 0 Å². The minimum absolute atomic E-state index is 0.0352. The third-order valence-corrected chi connectivity index (χ3v) is 4.60. The maximum atomic E-state index is 12.2. The van der Waals surface area contributed by atoms with Gasteiger partial charge in [0.2, 0.25) is 0 Å². The highest BCUT2D eigenvalue weighted by Gasteiger charge is 2.26. The van der Waals surface area contributed by atoms with Gasteiger partial charge < -0.3 is 5.32 Å². The van der Waals surface area contributed by atoms with Crippen molar-refractivity contribution in [1.29, 1.82) is 0 Å². The molecule has 3 rings (SSSR count). The Labute approximate surface area is 131 Å². The maximum Gasteiger partial charge on any atom is 0.252 e. The molecule has 0 radical (unpaired) electrons. The maximum absolute atomic E-state index is 12.2. The number of hydrogen-bond acceptors (Lipinski definition) is 2. The number of rotatable bonds is 5. The molecule has 1 heterocycles. The molecular formula is C19H22N2O. The molecule has 3 heteroatoms. The van der Waals surface area contributed by atoms with E-state index < -0.39 is 0 Å². The van der Waals surface area contributed by atoms with Crippen LogP contribution in [0.5, 0.6) is 0 Å². The molecule has 0 bridgehead atoms. The summed E-state index contributed by atoms with van der Waals surface area (Å²) < 4.78 is 0. The van der Waals surface area contributed by atoms with E-state index in [4.69, 9.17) is 0 Å². The lowest BCUT2D eigenvalue weighted by Gasteiger charge is -2.24. The first-order valence-corrected chi connectivity index (χ1v) is 8.08. The van der Waals surface area contributed by atoms with E-state index in [1.807, 2.05) is 6.07 Å². The fourth-order valence-corrected chi connectivity index (χ4v) is 3.42. The molecule has 114 valence electrons. The Hall–Kier alpha value is -2.16. The number of nitrogens with zero attached hydrogens (tertiary/aromatic N) is 1. The number of aromatic nitrogens is 1. The first-order chi connectivity index (χ1) is 10.8. The predicted octanol–water partition coefficient (Wildman–Crippen LogP) is 3.79. The van der Waals surface area contributed by atoms with Gasteiger partial charge in [0, 0.05) is 24.9 Å². The normalized spacial score (nSPS) is 16.4. The molecule has 1 amide bonds. The Bertz CT molecular complexity index is 591. The monoisotopic (exact) mass is 294 g/mol. The summed E-state index contributed by atoms with van der Waals surface area (Å²) in [5.41, 5.74) is 1.96. The number of pyridine rings is 1. The highest BCUT2D eigenvalue weighted by atomic mass is 16.1. The Morgan fingerprint density at radius 3 is 2.59 bits per heavy atom. The summed E-state index contributed by atoms with van der Waals surface area (Å²) in [4.78, 5) is 16.3. The topological polar surface area (TPSA) is 42.0 Å². The summed E-state index contributed by atoms with van der Waals surface area (Å²) in [6.07, 6.45) is 8.45. The summed E-state index contributed by atoms with van der Waals surface area (Å²) in [6, 6.07) is 14.2. The van der Waals surface area contributed by atoms with Crippen molar-refractivity contribution in [2.75, 3.05) is 6.54 Å². The van der Waals surface area contributed by atoms with Gasteiger partial charge in [0.15, 0.2) is 0 Å². The molecular weight excluding hydrogens is 272 g/mol. The van der Waals surface area contributed by atoms with Gasteiger partial charge in [0.05, 0.1) is 5.56 Å². The summed E-state index contributed by atoms with van der Waals surface area (Å²) in [7, 11) is 0. The van der Waals surface area contributed by atoms with Crippen LogP contribution in [0.25, 0.3) is 0 Å².